The van der Waals surface area contributed by atoms with Crippen LogP contribution in [0.4, 0.5) is 0 Å². The zero-order chi connectivity index (χ0) is 18.6. The molecule has 0 aromatic heterocycles. The highest BCUT2D eigenvalue weighted by Crippen LogP contribution is 2.24. The Bertz CT molecular complexity index is 607. The van der Waals surface area contributed by atoms with Gasteiger partial charge in [-0.05, 0) is 49.4 Å². The maximum atomic E-state index is 12.8. The van der Waals surface area contributed by atoms with Crippen molar-refractivity contribution in [1.29, 1.82) is 0 Å². The fourth-order valence-corrected chi connectivity index (χ4v) is 3.50. The van der Waals surface area contributed by atoms with Gasteiger partial charge in [0.05, 0.1) is 0 Å². The van der Waals surface area contributed by atoms with Crippen molar-refractivity contribution in [2.75, 3.05) is 26.7 Å². The minimum absolute atomic E-state index is 0.00408. The van der Waals surface area contributed by atoms with Crippen LogP contribution in [-0.2, 0) is 4.79 Å². The van der Waals surface area contributed by atoms with E-state index in [1.165, 1.54) is 0 Å². The van der Waals surface area contributed by atoms with Gasteiger partial charge in [0, 0.05) is 25.2 Å². The zero-order valence-corrected chi connectivity index (χ0v) is 15.7. The largest absolute Gasteiger partial charge is 0.480 e. The summed E-state index contributed by atoms with van der Waals surface area (Å²) in [4.78, 5) is 28.3. The van der Waals surface area contributed by atoms with E-state index in [1.807, 2.05) is 16.8 Å². The van der Waals surface area contributed by atoms with Gasteiger partial charge in [0.1, 0.15) is 6.04 Å². The highest BCUT2D eigenvalue weighted by atomic mass is 16.4. The van der Waals surface area contributed by atoms with Crippen LogP contribution in [0.1, 0.15) is 55.6 Å². The van der Waals surface area contributed by atoms with Gasteiger partial charge in [-0.3, -0.25) is 14.5 Å². The number of benzene rings is 1. The van der Waals surface area contributed by atoms with Crippen LogP contribution in [-0.4, -0.2) is 53.5 Å². The number of carboxylic acid groups (broad SMARTS) is 1. The molecule has 0 bridgehead atoms. The van der Waals surface area contributed by atoms with E-state index in [4.69, 9.17) is 0 Å². The van der Waals surface area contributed by atoms with Gasteiger partial charge >= 0.3 is 5.97 Å². The van der Waals surface area contributed by atoms with E-state index in [2.05, 4.69) is 20.8 Å². The van der Waals surface area contributed by atoms with Crippen molar-refractivity contribution in [3.8, 4) is 0 Å². The number of rotatable bonds is 6. The standard InChI is InChI=1S/C20H30N2O3/c1-14(2)13-21(4)18(20(24)25)16-6-5-7-17(12-16)19(23)22-10-8-15(3)9-11-22/h5-7,12,14-15,18H,8-11,13H2,1-4H3,(H,24,25). The Morgan fingerprint density at radius 2 is 1.92 bits per heavy atom. The first-order valence-electron chi connectivity index (χ1n) is 9.12. The molecule has 1 atom stereocenters. The number of hydrogen-bond donors (Lipinski definition) is 1. The Kier molecular flexibility index (Phi) is 6.59. The van der Waals surface area contributed by atoms with E-state index in [0.29, 0.717) is 29.5 Å². The molecule has 1 aliphatic heterocycles. The van der Waals surface area contributed by atoms with Crippen molar-refractivity contribution in [3.05, 3.63) is 35.4 Å². The second kappa shape index (κ2) is 8.48. The number of amides is 1. The number of likely N-dealkylation sites (tertiary alicyclic amines) is 1. The molecule has 1 aromatic carbocycles. The molecule has 1 saturated heterocycles. The Labute approximate surface area is 150 Å². The SMILES string of the molecule is CC(C)CN(C)C(C(=O)O)c1cccc(C(=O)N2CCC(C)CC2)c1. The maximum absolute atomic E-state index is 12.8. The summed E-state index contributed by atoms with van der Waals surface area (Å²) < 4.78 is 0. The normalized spacial score (nSPS) is 17.1. The molecule has 5 nitrogen and oxygen atoms in total. The van der Waals surface area contributed by atoms with Gasteiger partial charge in [-0.25, -0.2) is 0 Å². The number of carbonyl (C=O) groups excluding carboxylic acids is 1. The van der Waals surface area contributed by atoms with Gasteiger partial charge in [0.25, 0.3) is 5.91 Å². The lowest BCUT2D eigenvalue weighted by molar-refractivity contribution is -0.143. The first-order chi connectivity index (χ1) is 11.8. The summed E-state index contributed by atoms with van der Waals surface area (Å²) in [6, 6.07) is 6.37. The summed E-state index contributed by atoms with van der Waals surface area (Å²) in [5, 5.41) is 9.68. The van der Waals surface area contributed by atoms with Crippen LogP contribution >= 0.6 is 0 Å². The third-order valence-electron chi connectivity index (χ3n) is 4.85. The van der Waals surface area contributed by atoms with Crippen molar-refractivity contribution in [1.82, 2.24) is 9.80 Å². The third-order valence-corrected chi connectivity index (χ3v) is 4.85. The molecule has 0 saturated carbocycles. The van der Waals surface area contributed by atoms with Gasteiger partial charge < -0.3 is 10.0 Å². The van der Waals surface area contributed by atoms with Crippen LogP contribution in [0.2, 0.25) is 0 Å². The van der Waals surface area contributed by atoms with Crippen LogP contribution < -0.4 is 0 Å². The van der Waals surface area contributed by atoms with E-state index in [0.717, 1.165) is 25.9 Å². The summed E-state index contributed by atoms with van der Waals surface area (Å²) in [6.45, 7) is 8.57. The van der Waals surface area contributed by atoms with Crippen molar-refractivity contribution in [3.63, 3.8) is 0 Å². The first kappa shape index (κ1) is 19.4. The minimum Gasteiger partial charge on any atom is -0.480 e. The molecule has 1 N–H and O–H groups in total. The lowest BCUT2D eigenvalue weighted by Crippen LogP contribution is -2.38. The predicted molar refractivity (Wildman–Crippen MR) is 98.6 cm³/mol. The summed E-state index contributed by atoms with van der Waals surface area (Å²) >= 11 is 0. The summed E-state index contributed by atoms with van der Waals surface area (Å²) in [7, 11) is 1.82. The fourth-order valence-electron chi connectivity index (χ4n) is 3.50. The average Bonchev–Trinajstić information content (AvgIpc) is 2.54. The smallest absolute Gasteiger partial charge is 0.325 e. The van der Waals surface area contributed by atoms with E-state index < -0.39 is 12.0 Å². The van der Waals surface area contributed by atoms with Gasteiger partial charge in [-0.1, -0.05) is 32.9 Å². The van der Waals surface area contributed by atoms with Crippen LogP contribution in [0, 0.1) is 11.8 Å². The average molecular weight is 346 g/mol. The Morgan fingerprint density at radius 3 is 2.48 bits per heavy atom. The lowest BCUT2D eigenvalue weighted by atomic mass is 9.97. The number of carbonyl (C=O) groups is 2. The Hall–Kier alpha value is -1.88. The number of piperidine rings is 1. The summed E-state index contributed by atoms with van der Waals surface area (Å²) in [5.41, 5.74) is 1.24. The number of carboxylic acids is 1. The number of hydrogen-bond acceptors (Lipinski definition) is 3. The number of likely N-dealkylation sites (N-methyl/N-ethyl adjacent to an activating group) is 1. The van der Waals surface area contributed by atoms with Crippen molar-refractivity contribution >= 4 is 11.9 Å². The molecule has 1 unspecified atom stereocenters. The van der Waals surface area contributed by atoms with Crippen LogP contribution in [0.15, 0.2) is 24.3 Å². The molecule has 138 valence electrons. The zero-order valence-electron chi connectivity index (χ0n) is 15.7. The first-order valence-corrected chi connectivity index (χ1v) is 9.12. The number of aliphatic carboxylic acids is 1. The van der Waals surface area contributed by atoms with Gasteiger partial charge in [0.15, 0.2) is 0 Å². The monoisotopic (exact) mass is 346 g/mol. The molecule has 0 aliphatic carbocycles. The van der Waals surface area contributed by atoms with Crippen molar-refractivity contribution in [2.24, 2.45) is 11.8 Å². The minimum atomic E-state index is -0.889. The summed E-state index contributed by atoms with van der Waals surface area (Å²) in [5.74, 6) is 0.146. The van der Waals surface area contributed by atoms with E-state index in [9.17, 15) is 14.7 Å². The highest BCUT2D eigenvalue weighted by Gasteiger charge is 2.27. The predicted octanol–water partition coefficient (Wildman–Crippen LogP) is 3.27. The lowest BCUT2D eigenvalue weighted by Gasteiger charge is -2.31. The van der Waals surface area contributed by atoms with Crippen LogP contribution in [0.5, 0.6) is 0 Å². The van der Waals surface area contributed by atoms with E-state index >= 15 is 0 Å². The second-order valence-electron chi connectivity index (χ2n) is 7.67. The van der Waals surface area contributed by atoms with Crippen molar-refractivity contribution in [2.45, 2.75) is 39.7 Å². The van der Waals surface area contributed by atoms with Crippen molar-refractivity contribution < 1.29 is 14.7 Å². The molecule has 2 rings (SSSR count). The second-order valence-corrected chi connectivity index (χ2v) is 7.67. The highest BCUT2D eigenvalue weighted by molar-refractivity contribution is 5.94. The molecule has 1 heterocycles. The quantitative estimate of drug-likeness (QED) is 0.859. The third kappa shape index (κ3) is 5.05. The molecule has 5 heteroatoms. The Balaban J connectivity index is 2.21. The van der Waals surface area contributed by atoms with Gasteiger partial charge in [-0.15, -0.1) is 0 Å². The van der Waals surface area contributed by atoms with E-state index in [1.54, 1.807) is 24.3 Å². The number of nitrogens with zero attached hydrogens (tertiary/aromatic N) is 2. The van der Waals surface area contributed by atoms with Crippen LogP contribution in [0.25, 0.3) is 0 Å². The summed E-state index contributed by atoms with van der Waals surface area (Å²) in [6.07, 6.45) is 2.06. The molecule has 1 amide bonds. The maximum Gasteiger partial charge on any atom is 0.325 e. The fraction of sp³-hybridized carbons (Fsp3) is 0.600. The molecular formula is C20H30N2O3. The molecule has 1 aromatic rings. The molecule has 0 radical (unpaired) electrons. The molecular weight excluding hydrogens is 316 g/mol. The molecule has 25 heavy (non-hydrogen) atoms. The van der Waals surface area contributed by atoms with Gasteiger partial charge in [-0.2, -0.15) is 0 Å². The molecule has 1 aliphatic rings. The Morgan fingerprint density at radius 1 is 1.28 bits per heavy atom. The molecule has 0 spiro atoms. The topological polar surface area (TPSA) is 60.9 Å². The van der Waals surface area contributed by atoms with Crippen LogP contribution in [0.3, 0.4) is 0 Å². The molecule has 1 fully saturated rings. The van der Waals surface area contributed by atoms with Gasteiger partial charge in [0.2, 0.25) is 0 Å². The van der Waals surface area contributed by atoms with E-state index in [-0.39, 0.29) is 5.91 Å².